The van der Waals surface area contributed by atoms with Crippen LogP contribution in [0.2, 0.25) is 0 Å². The lowest BCUT2D eigenvalue weighted by Crippen LogP contribution is -2.03. The van der Waals surface area contributed by atoms with E-state index in [9.17, 15) is 0 Å². The molecule has 2 aliphatic carbocycles. The van der Waals surface area contributed by atoms with Crippen molar-refractivity contribution in [2.75, 3.05) is 0 Å². The third-order valence-corrected chi connectivity index (χ3v) is 6.01. The number of rotatable bonds is 3. The van der Waals surface area contributed by atoms with Crippen molar-refractivity contribution >= 4 is 6.08 Å². The maximum atomic E-state index is 2.37. The van der Waals surface area contributed by atoms with E-state index < -0.39 is 0 Å². The summed E-state index contributed by atoms with van der Waals surface area (Å²) in [7, 11) is 0. The standard InChI is InChI=1S/C25H22/c1-17-16-18-8-2-3-9-20(18)19(17)14-15-25-23-12-6-4-10-21(23)22-11-5-7-13-24(22)25/h2-13,16,19,25H,14-15H2,1H3. The van der Waals surface area contributed by atoms with Crippen LogP contribution in [-0.4, -0.2) is 0 Å². The predicted molar refractivity (Wildman–Crippen MR) is 106 cm³/mol. The molecule has 5 rings (SSSR count). The van der Waals surface area contributed by atoms with Gasteiger partial charge in [-0.25, -0.2) is 0 Å². The van der Waals surface area contributed by atoms with Gasteiger partial charge in [0.05, 0.1) is 0 Å². The van der Waals surface area contributed by atoms with Gasteiger partial charge >= 0.3 is 0 Å². The molecule has 0 nitrogen and oxygen atoms in total. The normalized spacial score (nSPS) is 17.8. The zero-order valence-corrected chi connectivity index (χ0v) is 14.6. The summed E-state index contributed by atoms with van der Waals surface area (Å²) in [6.07, 6.45) is 4.79. The van der Waals surface area contributed by atoms with Crippen LogP contribution in [0.15, 0.2) is 78.4 Å². The number of hydrogen-bond donors (Lipinski definition) is 0. The third kappa shape index (κ3) is 2.28. The largest absolute Gasteiger partial charge is 0.0652 e. The minimum atomic E-state index is 0.535. The van der Waals surface area contributed by atoms with Gasteiger partial charge in [0.15, 0.2) is 0 Å². The van der Waals surface area contributed by atoms with Gasteiger partial charge in [0, 0.05) is 11.8 Å². The first-order valence-electron chi connectivity index (χ1n) is 9.28. The second-order valence-corrected chi connectivity index (χ2v) is 7.37. The summed E-state index contributed by atoms with van der Waals surface area (Å²) in [6.45, 7) is 2.29. The summed E-state index contributed by atoms with van der Waals surface area (Å²) in [6, 6.07) is 26.8. The SMILES string of the molecule is CC1=Cc2ccccc2C1CCC1c2ccccc2-c2ccccc21. The Bertz CT molecular complexity index is 931. The number of hydrogen-bond acceptors (Lipinski definition) is 0. The van der Waals surface area contributed by atoms with E-state index in [0.29, 0.717) is 11.8 Å². The Balaban J connectivity index is 1.47. The fourth-order valence-corrected chi connectivity index (χ4v) is 4.84. The Morgan fingerprint density at radius 2 is 1.12 bits per heavy atom. The third-order valence-electron chi connectivity index (χ3n) is 6.01. The van der Waals surface area contributed by atoms with Crippen LogP contribution in [0.3, 0.4) is 0 Å². The second-order valence-electron chi connectivity index (χ2n) is 7.37. The van der Waals surface area contributed by atoms with Crippen LogP contribution in [0.1, 0.15) is 53.9 Å². The van der Waals surface area contributed by atoms with Crippen molar-refractivity contribution in [2.24, 2.45) is 0 Å². The molecule has 122 valence electrons. The van der Waals surface area contributed by atoms with Gasteiger partial charge < -0.3 is 0 Å². The quantitative estimate of drug-likeness (QED) is 0.498. The molecule has 0 heteroatoms. The molecule has 3 aromatic rings. The van der Waals surface area contributed by atoms with E-state index in [4.69, 9.17) is 0 Å². The van der Waals surface area contributed by atoms with E-state index >= 15 is 0 Å². The highest BCUT2D eigenvalue weighted by Gasteiger charge is 2.30. The van der Waals surface area contributed by atoms with Crippen molar-refractivity contribution in [3.63, 3.8) is 0 Å². The number of benzene rings is 3. The molecule has 0 saturated carbocycles. The summed E-state index contributed by atoms with van der Waals surface area (Å²) < 4.78 is 0. The van der Waals surface area contributed by atoms with Crippen LogP contribution >= 0.6 is 0 Å². The van der Waals surface area contributed by atoms with Crippen LogP contribution < -0.4 is 0 Å². The van der Waals surface area contributed by atoms with E-state index in [0.717, 1.165) is 0 Å². The Morgan fingerprint density at radius 3 is 1.80 bits per heavy atom. The maximum absolute atomic E-state index is 2.37. The van der Waals surface area contributed by atoms with E-state index in [1.54, 1.807) is 0 Å². The lowest BCUT2D eigenvalue weighted by Gasteiger charge is -2.19. The van der Waals surface area contributed by atoms with E-state index in [1.165, 1.54) is 51.8 Å². The van der Waals surface area contributed by atoms with Crippen molar-refractivity contribution in [3.8, 4) is 11.1 Å². The molecule has 2 aliphatic rings. The van der Waals surface area contributed by atoms with Crippen LogP contribution in [0, 0.1) is 0 Å². The summed E-state index contributed by atoms with van der Waals surface area (Å²) >= 11 is 0. The summed E-state index contributed by atoms with van der Waals surface area (Å²) in [5, 5.41) is 0. The fourth-order valence-electron chi connectivity index (χ4n) is 4.84. The topological polar surface area (TPSA) is 0 Å². The second kappa shape index (κ2) is 5.74. The molecule has 0 aliphatic heterocycles. The van der Waals surface area contributed by atoms with Gasteiger partial charge in [0.25, 0.3) is 0 Å². The lowest BCUT2D eigenvalue weighted by molar-refractivity contribution is 0.618. The van der Waals surface area contributed by atoms with Crippen molar-refractivity contribution in [3.05, 3.63) is 101 Å². The molecule has 1 atom stereocenters. The van der Waals surface area contributed by atoms with Crippen molar-refractivity contribution in [1.29, 1.82) is 0 Å². The molecular weight excluding hydrogens is 300 g/mol. The highest BCUT2D eigenvalue weighted by atomic mass is 14.3. The Morgan fingerprint density at radius 1 is 0.600 bits per heavy atom. The fraction of sp³-hybridized carbons (Fsp3) is 0.200. The Hall–Kier alpha value is -2.60. The van der Waals surface area contributed by atoms with Gasteiger partial charge in [-0.05, 0) is 53.1 Å². The average molecular weight is 322 g/mol. The van der Waals surface area contributed by atoms with E-state index in [1.807, 2.05) is 0 Å². The first kappa shape index (κ1) is 14.7. The van der Waals surface area contributed by atoms with Gasteiger partial charge in [-0.1, -0.05) is 84.4 Å². The molecule has 0 radical (unpaired) electrons. The number of allylic oxidation sites excluding steroid dienone is 1. The summed E-state index contributed by atoms with van der Waals surface area (Å²) in [5.74, 6) is 1.11. The molecule has 0 saturated heterocycles. The van der Waals surface area contributed by atoms with Crippen LogP contribution in [0.4, 0.5) is 0 Å². The molecular formula is C25H22. The molecule has 25 heavy (non-hydrogen) atoms. The molecule has 0 amide bonds. The Labute approximate surface area is 149 Å². The highest BCUT2D eigenvalue weighted by molar-refractivity contribution is 5.78. The number of fused-ring (bicyclic) bond motifs is 4. The van der Waals surface area contributed by atoms with Crippen molar-refractivity contribution < 1.29 is 0 Å². The summed E-state index contributed by atoms with van der Waals surface area (Å²) in [5.41, 5.74) is 10.3. The van der Waals surface area contributed by atoms with Gasteiger partial charge in [0.2, 0.25) is 0 Å². The first-order chi connectivity index (χ1) is 12.3. The van der Waals surface area contributed by atoms with Crippen LogP contribution in [0.25, 0.3) is 17.2 Å². The van der Waals surface area contributed by atoms with Crippen LogP contribution in [0.5, 0.6) is 0 Å². The van der Waals surface area contributed by atoms with E-state index in [-0.39, 0.29) is 0 Å². The van der Waals surface area contributed by atoms with Crippen LogP contribution in [-0.2, 0) is 0 Å². The predicted octanol–water partition coefficient (Wildman–Crippen LogP) is 6.78. The molecule has 0 N–H and O–H groups in total. The smallest absolute Gasteiger partial charge is 0.0102 e. The molecule has 0 fully saturated rings. The zero-order valence-electron chi connectivity index (χ0n) is 14.6. The maximum Gasteiger partial charge on any atom is 0.0102 e. The molecule has 1 unspecified atom stereocenters. The first-order valence-corrected chi connectivity index (χ1v) is 9.28. The van der Waals surface area contributed by atoms with Gasteiger partial charge in [-0.3, -0.25) is 0 Å². The van der Waals surface area contributed by atoms with E-state index in [2.05, 4.69) is 85.8 Å². The molecule has 0 bridgehead atoms. The zero-order chi connectivity index (χ0) is 16.8. The highest BCUT2D eigenvalue weighted by Crippen LogP contribution is 2.48. The Kier molecular flexibility index (Phi) is 3.38. The lowest BCUT2D eigenvalue weighted by atomic mass is 9.85. The van der Waals surface area contributed by atoms with Gasteiger partial charge in [-0.2, -0.15) is 0 Å². The van der Waals surface area contributed by atoms with Crippen molar-refractivity contribution in [2.45, 2.75) is 31.6 Å². The average Bonchev–Trinajstić information content (AvgIpc) is 3.14. The molecule has 0 aromatic heterocycles. The summed E-state index contributed by atoms with van der Waals surface area (Å²) in [4.78, 5) is 0. The molecule has 0 spiro atoms. The van der Waals surface area contributed by atoms with Gasteiger partial charge in [-0.15, -0.1) is 0 Å². The van der Waals surface area contributed by atoms with Crippen molar-refractivity contribution in [1.82, 2.24) is 0 Å². The minimum absolute atomic E-state index is 0.535. The monoisotopic (exact) mass is 322 g/mol. The molecule has 0 heterocycles. The van der Waals surface area contributed by atoms with Gasteiger partial charge in [0.1, 0.15) is 0 Å². The molecule has 3 aromatic carbocycles. The minimum Gasteiger partial charge on any atom is -0.0652 e.